The number of imidazole rings is 1. The number of hydrogen-bond acceptors (Lipinski definition) is 1. The molecule has 0 amide bonds. The predicted molar refractivity (Wildman–Crippen MR) is 66.2 cm³/mol. The van der Waals surface area contributed by atoms with Gasteiger partial charge in [-0.2, -0.15) is 0 Å². The van der Waals surface area contributed by atoms with Crippen LogP contribution < -0.4 is 0 Å². The molecule has 0 aliphatic heterocycles. The van der Waals surface area contributed by atoms with Crippen LogP contribution in [0.2, 0.25) is 0 Å². The fraction of sp³-hybridized carbons (Fsp3) is 0.417. The Morgan fingerprint density at radius 3 is 3.00 bits per heavy atom. The molecule has 0 atom stereocenters. The molecule has 15 heavy (non-hydrogen) atoms. The minimum absolute atomic E-state index is 1.04. The Morgan fingerprint density at radius 1 is 1.47 bits per heavy atom. The summed E-state index contributed by atoms with van der Waals surface area (Å²) in [5.74, 6) is 0. The number of halogens is 1. The van der Waals surface area contributed by atoms with Crippen molar-refractivity contribution >= 4 is 21.6 Å². The minimum Gasteiger partial charge on any atom is -0.294 e. The second kappa shape index (κ2) is 4.35. The molecule has 2 aromatic rings. The largest absolute Gasteiger partial charge is 0.294 e. The summed E-state index contributed by atoms with van der Waals surface area (Å²) in [4.78, 5) is 4.63. The highest BCUT2D eigenvalue weighted by molar-refractivity contribution is 9.10. The number of nitrogens with zero attached hydrogens (tertiary/aromatic N) is 2. The van der Waals surface area contributed by atoms with Gasteiger partial charge in [0, 0.05) is 6.20 Å². The van der Waals surface area contributed by atoms with E-state index < -0.39 is 0 Å². The zero-order valence-electron chi connectivity index (χ0n) is 9.13. The van der Waals surface area contributed by atoms with Gasteiger partial charge in [-0.3, -0.25) is 4.40 Å². The van der Waals surface area contributed by atoms with Gasteiger partial charge in [-0.25, -0.2) is 4.98 Å². The molecular formula is C12H15BrN2. The number of unbranched alkanes of at least 4 members (excludes halogenated alkanes) is 1. The Labute approximate surface area is 98.5 Å². The maximum absolute atomic E-state index is 4.63. The maximum atomic E-state index is 4.63. The van der Waals surface area contributed by atoms with Crippen molar-refractivity contribution in [1.82, 2.24) is 9.38 Å². The molecule has 0 saturated carbocycles. The third kappa shape index (κ3) is 2.07. The molecule has 0 unspecified atom stereocenters. The van der Waals surface area contributed by atoms with Gasteiger partial charge in [0.1, 0.15) is 10.3 Å². The number of hydrogen-bond donors (Lipinski definition) is 0. The van der Waals surface area contributed by atoms with E-state index in [-0.39, 0.29) is 0 Å². The summed E-state index contributed by atoms with van der Waals surface area (Å²) >= 11 is 3.61. The molecule has 2 rings (SSSR count). The van der Waals surface area contributed by atoms with Crippen LogP contribution in [0.4, 0.5) is 0 Å². The van der Waals surface area contributed by atoms with Crippen molar-refractivity contribution in [2.75, 3.05) is 0 Å². The predicted octanol–water partition coefficient (Wildman–Crippen LogP) is 3.75. The van der Waals surface area contributed by atoms with E-state index in [0.29, 0.717) is 0 Å². The standard InChI is InChI=1S/C12H15BrN2/c1-3-4-5-10-12(13)15-7-6-9(2)8-11(15)14-10/h6-8H,3-5H2,1-2H3. The van der Waals surface area contributed by atoms with E-state index in [1.165, 1.54) is 24.1 Å². The molecule has 80 valence electrons. The van der Waals surface area contributed by atoms with Crippen LogP contribution in [-0.4, -0.2) is 9.38 Å². The summed E-state index contributed by atoms with van der Waals surface area (Å²) in [6.45, 7) is 4.29. The van der Waals surface area contributed by atoms with Crippen molar-refractivity contribution in [3.05, 3.63) is 34.2 Å². The lowest BCUT2D eigenvalue weighted by molar-refractivity contribution is 0.778. The van der Waals surface area contributed by atoms with Crippen LogP contribution in [0, 0.1) is 6.92 Å². The summed E-state index contributed by atoms with van der Waals surface area (Å²) in [7, 11) is 0. The molecule has 0 fully saturated rings. The minimum atomic E-state index is 1.04. The number of aromatic nitrogens is 2. The lowest BCUT2D eigenvalue weighted by Crippen LogP contribution is -1.86. The van der Waals surface area contributed by atoms with Crippen LogP contribution >= 0.6 is 15.9 Å². The van der Waals surface area contributed by atoms with E-state index in [2.05, 4.69) is 57.5 Å². The summed E-state index contributed by atoms with van der Waals surface area (Å²) in [6.07, 6.45) is 5.52. The first-order valence-electron chi connectivity index (χ1n) is 5.35. The van der Waals surface area contributed by atoms with Gasteiger partial charge in [0.2, 0.25) is 0 Å². The summed E-state index contributed by atoms with van der Waals surface area (Å²) in [5.41, 5.74) is 3.46. The lowest BCUT2D eigenvalue weighted by atomic mass is 10.2. The fourth-order valence-corrected chi connectivity index (χ4v) is 2.26. The number of fused-ring (bicyclic) bond motifs is 1. The molecular weight excluding hydrogens is 252 g/mol. The van der Waals surface area contributed by atoms with Gasteiger partial charge in [-0.05, 0) is 53.4 Å². The third-order valence-electron chi connectivity index (χ3n) is 2.56. The molecule has 0 aliphatic carbocycles. The Hall–Kier alpha value is -0.830. The Morgan fingerprint density at radius 2 is 2.27 bits per heavy atom. The Bertz CT molecular complexity index is 474. The molecule has 0 aliphatic rings. The molecule has 0 spiro atoms. The Balaban J connectivity index is 2.44. The fourth-order valence-electron chi connectivity index (χ4n) is 1.67. The van der Waals surface area contributed by atoms with E-state index in [0.717, 1.165) is 16.7 Å². The molecule has 2 heterocycles. The van der Waals surface area contributed by atoms with E-state index >= 15 is 0 Å². The van der Waals surface area contributed by atoms with Crippen molar-refractivity contribution in [3.8, 4) is 0 Å². The van der Waals surface area contributed by atoms with Crippen molar-refractivity contribution in [2.24, 2.45) is 0 Å². The average Bonchev–Trinajstić information content (AvgIpc) is 2.52. The van der Waals surface area contributed by atoms with E-state index in [4.69, 9.17) is 0 Å². The summed E-state index contributed by atoms with van der Waals surface area (Å²) in [5, 5.41) is 0. The molecule has 0 N–H and O–H groups in total. The van der Waals surface area contributed by atoms with Crippen LogP contribution in [0.1, 0.15) is 31.0 Å². The molecule has 0 aromatic carbocycles. The summed E-state index contributed by atoms with van der Waals surface area (Å²) < 4.78 is 3.20. The van der Waals surface area contributed by atoms with Gasteiger partial charge in [-0.1, -0.05) is 13.3 Å². The number of pyridine rings is 1. The highest BCUT2D eigenvalue weighted by atomic mass is 79.9. The first-order chi connectivity index (χ1) is 7.22. The summed E-state index contributed by atoms with van der Waals surface area (Å²) in [6, 6.07) is 4.21. The van der Waals surface area contributed by atoms with Gasteiger partial charge in [0.15, 0.2) is 0 Å². The van der Waals surface area contributed by atoms with Crippen LogP contribution in [0.25, 0.3) is 5.65 Å². The smallest absolute Gasteiger partial charge is 0.138 e. The van der Waals surface area contributed by atoms with Gasteiger partial charge in [0.25, 0.3) is 0 Å². The van der Waals surface area contributed by atoms with Gasteiger partial charge < -0.3 is 0 Å². The Kier molecular flexibility index (Phi) is 3.10. The van der Waals surface area contributed by atoms with Crippen molar-refractivity contribution in [1.29, 1.82) is 0 Å². The quantitative estimate of drug-likeness (QED) is 0.827. The van der Waals surface area contributed by atoms with Gasteiger partial charge in [-0.15, -0.1) is 0 Å². The van der Waals surface area contributed by atoms with Crippen LogP contribution in [-0.2, 0) is 6.42 Å². The molecule has 0 saturated heterocycles. The monoisotopic (exact) mass is 266 g/mol. The second-order valence-corrected chi connectivity index (χ2v) is 4.64. The second-order valence-electron chi connectivity index (χ2n) is 3.89. The van der Waals surface area contributed by atoms with E-state index in [9.17, 15) is 0 Å². The number of aryl methyl sites for hydroxylation is 2. The average molecular weight is 267 g/mol. The third-order valence-corrected chi connectivity index (χ3v) is 3.40. The SMILES string of the molecule is CCCCc1nc2cc(C)ccn2c1Br. The number of rotatable bonds is 3. The van der Waals surface area contributed by atoms with Crippen molar-refractivity contribution in [2.45, 2.75) is 33.1 Å². The topological polar surface area (TPSA) is 17.3 Å². The maximum Gasteiger partial charge on any atom is 0.138 e. The lowest BCUT2D eigenvalue weighted by Gasteiger charge is -1.96. The molecule has 0 bridgehead atoms. The van der Waals surface area contributed by atoms with E-state index in [1.807, 2.05) is 0 Å². The molecule has 2 aromatic heterocycles. The zero-order valence-corrected chi connectivity index (χ0v) is 10.7. The highest BCUT2D eigenvalue weighted by Gasteiger charge is 2.08. The molecule has 0 radical (unpaired) electrons. The van der Waals surface area contributed by atoms with Crippen LogP contribution in [0.5, 0.6) is 0 Å². The first-order valence-corrected chi connectivity index (χ1v) is 6.14. The van der Waals surface area contributed by atoms with Crippen LogP contribution in [0.15, 0.2) is 22.9 Å². The van der Waals surface area contributed by atoms with Crippen LogP contribution in [0.3, 0.4) is 0 Å². The molecule has 2 nitrogen and oxygen atoms in total. The first kappa shape index (κ1) is 10.7. The van der Waals surface area contributed by atoms with Crippen molar-refractivity contribution in [3.63, 3.8) is 0 Å². The highest BCUT2D eigenvalue weighted by Crippen LogP contribution is 2.21. The van der Waals surface area contributed by atoms with Gasteiger partial charge >= 0.3 is 0 Å². The zero-order chi connectivity index (χ0) is 10.8. The van der Waals surface area contributed by atoms with Crippen molar-refractivity contribution < 1.29 is 0 Å². The molecule has 3 heteroatoms. The van der Waals surface area contributed by atoms with E-state index in [1.54, 1.807) is 0 Å². The normalized spacial score (nSPS) is 11.1. The van der Waals surface area contributed by atoms with Gasteiger partial charge in [0.05, 0.1) is 5.69 Å².